The second kappa shape index (κ2) is 12.2. The number of nitrogens with zero attached hydrogens (tertiary/aromatic N) is 1. The van der Waals surface area contributed by atoms with Crippen LogP contribution in [0.3, 0.4) is 0 Å². The van der Waals surface area contributed by atoms with E-state index in [1.165, 1.54) is 0 Å². The van der Waals surface area contributed by atoms with E-state index in [0.717, 1.165) is 54.3 Å². The Kier molecular flexibility index (Phi) is 12.1. The lowest BCUT2D eigenvalue weighted by atomic mass is 10.2. The first-order valence-electron chi connectivity index (χ1n) is 7.61. The molecule has 2 aromatic rings. The standard InChI is InChI=1S/C17H22BrClN2O.2ClH/c1-3-21(4-2)10-9-20-12-14-6-8-17(22-14)15-7-5-13(18)11-16(15)19;;/h5-8,11,20H,3-4,9-10,12H2,1-2H3;2*1H. The van der Waals surface area contributed by atoms with Crippen LogP contribution in [0.5, 0.6) is 0 Å². The van der Waals surface area contributed by atoms with Gasteiger partial charge < -0.3 is 14.6 Å². The fraction of sp³-hybridized carbons (Fsp3) is 0.412. The fourth-order valence-corrected chi connectivity index (χ4v) is 3.06. The first-order chi connectivity index (χ1) is 10.6. The molecule has 0 fully saturated rings. The maximum Gasteiger partial charge on any atom is 0.135 e. The Morgan fingerprint density at radius 1 is 1.12 bits per heavy atom. The quantitative estimate of drug-likeness (QED) is 0.519. The van der Waals surface area contributed by atoms with Gasteiger partial charge in [0, 0.05) is 23.1 Å². The molecule has 0 unspecified atom stereocenters. The van der Waals surface area contributed by atoms with Gasteiger partial charge in [-0.3, -0.25) is 0 Å². The number of hydrogen-bond donors (Lipinski definition) is 1. The minimum Gasteiger partial charge on any atom is -0.460 e. The van der Waals surface area contributed by atoms with Crippen LogP contribution in [0.25, 0.3) is 11.3 Å². The van der Waals surface area contributed by atoms with Crippen LogP contribution in [0.15, 0.2) is 39.2 Å². The summed E-state index contributed by atoms with van der Waals surface area (Å²) in [6, 6.07) is 9.77. The van der Waals surface area contributed by atoms with Gasteiger partial charge in [0.25, 0.3) is 0 Å². The van der Waals surface area contributed by atoms with Crippen LogP contribution < -0.4 is 5.32 Å². The number of hydrogen-bond acceptors (Lipinski definition) is 3. The van der Waals surface area contributed by atoms with E-state index in [2.05, 4.69) is 40.0 Å². The highest BCUT2D eigenvalue weighted by Crippen LogP contribution is 2.31. The summed E-state index contributed by atoms with van der Waals surface area (Å²) < 4.78 is 6.84. The third-order valence-corrected chi connectivity index (χ3v) is 4.46. The molecule has 0 bridgehead atoms. The van der Waals surface area contributed by atoms with Crippen molar-refractivity contribution in [2.75, 3.05) is 26.2 Å². The van der Waals surface area contributed by atoms with E-state index in [0.29, 0.717) is 5.02 Å². The lowest BCUT2D eigenvalue weighted by Crippen LogP contribution is -2.31. The van der Waals surface area contributed by atoms with Gasteiger partial charge >= 0.3 is 0 Å². The average Bonchev–Trinajstić information content (AvgIpc) is 2.96. The predicted octanol–water partition coefficient (Wildman–Crippen LogP) is 5.64. The lowest BCUT2D eigenvalue weighted by Gasteiger charge is -2.17. The van der Waals surface area contributed by atoms with Gasteiger partial charge in [-0.1, -0.05) is 41.4 Å². The molecule has 0 saturated carbocycles. The predicted molar refractivity (Wildman–Crippen MR) is 111 cm³/mol. The van der Waals surface area contributed by atoms with E-state index < -0.39 is 0 Å². The highest BCUT2D eigenvalue weighted by molar-refractivity contribution is 9.10. The monoisotopic (exact) mass is 456 g/mol. The molecular weight excluding hydrogens is 434 g/mol. The van der Waals surface area contributed by atoms with Crippen LogP contribution in [-0.2, 0) is 6.54 Å². The van der Waals surface area contributed by atoms with Crippen LogP contribution in [0, 0.1) is 0 Å². The van der Waals surface area contributed by atoms with Crippen molar-refractivity contribution in [1.29, 1.82) is 0 Å². The van der Waals surface area contributed by atoms with Crippen molar-refractivity contribution in [1.82, 2.24) is 10.2 Å². The smallest absolute Gasteiger partial charge is 0.135 e. The number of likely N-dealkylation sites (N-methyl/N-ethyl adjacent to an activating group) is 1. The number of rotatable bonds is 8. The van der Waals surface area contributed by atoms with Gasteiger partial charge in [-0.15, -0.1) is 24.8 Å². The number of furan rings is 1. The Bertz CT molecular complexity index is 603. The molecule has 0 spiro atoms. The van der Waals surface area contributed by atoms with E-state index >= 15 is 0 Å². The SMILES string of the molecule is CCN(CC)CCNCc1ccc(-c2ccc(Br)cc2Cl)o1.Cl.Cl. The second-order valence-corrected chi connectivity index (χ2v) is 6.42. The highest BCUT2D eigenvalue weighted by Gasteiger charge is 2.09. The Morgan fingerprint density at radius 3 is 2.46 bits per heavy atom. The summed E-state index contributed by atoms with van der Waals surface area (Å²) in [6.45, 7) is 9.29. The second-order valence-electron chi connectivity index (χ2n) is 5.09. The molecular formula is C17H24BrCl3N2O. The normalized spacial score (nSPS) is 10.4. The Balaban J connectivity index is 0.00000264. The zero-order valence-electron chi connectivity index (χ0n) is 13.9. The lowest BCUT2D eigenvalue weighted by molar-refractivity contribution is 0.300. The van der Waals surface area contributed by atoms with Crippen molar-refractivity contribution < 1.29 is 4.42 Å². The molecule has 7 heteroatoms. The van der Waals surface area contributed by atoms with Crippen LogP contribution in [0.2, 0.25) is 5.02 Å². The molecule has 1 aromatic carbocycles. The molecule has 0 saturated heterocycles. The molecule has 0 amide bonds. The molecule has 24 heavy (non-hydrogen) atoms. The molecule has 0 aliphatic rings. The van der Waals surface area contributed by atoms with E-state index in [1.807, 2.05) is 30.3 Å². The zero-order chi connectivity index (χ0) is 15.9. The maximum absolute atomic E-state index is 6.26. The molecule has 1 heterocycles. The summed E-state index contributed by atoms with van der Waals surface area (Å²) in [6.07, 6.45) is 0. The van der Waals surface area contributed by atoms with Gasteiger partial charge in [-0.25, -0.2) is 0 Å². The fourth-order valence-electron chi connectivity index (χ4n) is 2.30. The van der Waals surface area contributed by atoms with Gasteiger partial charge in [-0.05, 0) is 43.4 Å². The topological polar surface area (TPSA) is 28.4 Å². The summed E-state index contributed by atoms with van der Waals surface area (Å²) in [5.74, 6) is 1.73. The van der Waals surface area contributed by atoms with Crippen LogP contribution in [0.1, 0.15) is 19.6 Å². The molecule has 1 N–H and O–H groups in total. The molecule has 136 valence electrons. The molecule has 3 nitrogen and oxygen atoms in total. The Labute approximate surface area is 170 Å². The molecule has 1 aromatic heterocycles. The third kappa shape index (κ3) is 6.95. The number of halogens is 4. The molecule has 0 aliphatic heterocycles. The van der Waals surface area contributed by atoms with Gasteiger partial charge in [0.15, 0.2) is 0 Å². The van der Waals surface area contributed by atoms with Crippen LogP contribution in [0.4, 0.5) is 0 Å². The first kappa shape index (κ1) is 23.8. The average molecular weight is 459 g/mol. The van der Waals surface area contributed by atoms with Crippen molar-refractivity contribution in [3.8, 4) is 11.3 Å². The Hall–Kier alpha value is -0.230. The number of benzene rings is 1. The van der Waals surface area contributed by atoms with E-state index in [1.54, 1.807) is 0 Å². The van der Waals surface area contributed by atoms with Gasteiger partial charge in [0.05, 0.1) is 11.6 Å². The van der Waals surface area contributed by atoms with Gasteiger partial charge in [0.1, 0.15) is 11.5 Å². The maximum atomic E-state index is 6.26. The summed E-state index contributed by atoms with van der Waals surface area (Å²) in [7, 11) is 0. The van der Waals surface area contributed by atoms with Gasteiger partial charge in [0.2, 0.25) is 0 Å². The largest absolute Gasteiger partial charge is 0.460 e. The molecule has 2 rings (SSSR count). The molecule has 0 aliphatic carbocycles. The first-order valence-corrected chi connectivity index (χ1v) is 8.78. The summed E-state index contributed by atoms with van der Waals surface area (Å²) in [5, 5.41) is 4.10. The van der Waals surface area contributed by atoms with E-state index in [4.69, 9.17) is 16.0 Å². The van der Waals surface area contributed by atoms with Crippen molar-refractivity contribution >= 4 is 52.3 Å². The van der Waals surface area contributed by atoms with Crippen molar-refractivity contribution in [2.24, 2.45) is 0 Å². The summed E-state index contributed by atoms with van der Waals surface area (Å²) in [4.78, 5) is 2.39. The molecule has 0 atom stereocenters. The van der Waals surface area contributed by atoms with Crippen molar-refractivity contribution in [3.63, 3.8) is 0 Å². The van der Waals surface area contributed by atoms with E-state index in [9.17, 15) is 0 Å². The molecule has 0 radical (unpaired) electrons. The Morgan fingerprint density at radius 2 is 1.83 bits per heavy atom. The van der Waals surface area contributed by atoms with Gasteiger partial charge in [-0.2, -0.15) is 0 Å². The summed E-state index contributed by atoms with van der Waals surface area (Å²) in [5.41, 5.74) is 0.916. The third-order valence-electron chi connectivity index (χ3n) is 3.66. The minimum absolute atomic E-state index is 0. The van der Waals surface area contributed by atoms with Crippen molar-refractivity contribution in [2.45, 2.75) is 20.4 Å². The highest BCUT2D eigenvalue weighted by atomic mass is 79.9. The number of nitrogens with one attached hydrogen (secondary N) is 1. The summed E-state index contributed by atoms with van der Waals surface area (Å²) >= 11 is 9.67. The minimum atomic E-state index is 0. The van der Waals surface area contributed by atoms with Crippen molar-refractivity contribution in [3.05, 3.63) is 45.6 Å². The zero-order valence-corrected chi connectivity index (χ0v) is 17.8. The van der Waals surface area contributed by atoms with Crippen LogP contribution in [-0.4, -0.2) is 31.1 Å². The van der Waals surface area contributed by atoms with Crippen LogP contribution >= 0.6 is 52.3 Å². The van der Waals surface area contributed by atoms with E-state index in [-0.39, 0.29) is 24.8 Å².